The van der Waals surface area contributed by atoms with E-state index in [1.807, 2.05) is 57.2 Å². The number of hydrogen-bond donors (Lipinski definition) is 3. The Kier molecular flexibility index (Phi) is 5.26. The van der Waals surface area contributed by atoms with Crippen LogP contribution in [0.5, 0.6) is 0 Å². The quantitative estimate of drug-likeness (QED) is 0.296. The molecule has 0 spiro atoms. The van der Waals surface area contributed by atoms with Gasteiger partial charge in [0.2, 0.25) is 5.91 Å². The van der Waals surface area contributed by atoms with E-state index in [1.54, 1.807) is 31.0 Å². The minimum atomic E-state index is -0.506. The number of carbonyl (C=O) groups is 1. The smallest absolute Gasteiger partial charge is 0.229 e. The molecule has 0 aliphatic carbocycles. The second-order valence-corrected chi connectivity index (χ2v) is 9.88. The highest BCUT2D eigenvalue weighted by Crippen LogP contribution is 2.33. The number of pyridine rings is 4. The van der Waals surface area contributed by atoms with Gasteiger partial charge < -0.3 is 10.3 Å². The zero-order valence-corrected chi connectivity index (χ0v) is 20.6. The van der Waals surface area contributed by atoms with Crippen LogP contribution in [0.3, 0.4) is 0 Å². The molecule has 182 valence electrons. The van der Waals surface area contributed by atoms with E-state index in [4.69, 9.17) is 0 Å². The van der Waals surface area contributed by atoms with Gasteiger partial charge in [-0.15, -0.1) is 0 Å². The number of aromatic nitrogens is 7. The maximum absolute atomic E-state index is 12.4. The van der Waals surface area contributed by atoms with Crippen LogP contribution in [0.25, 0.3) is 55.8 Å². The van der Waals surface area contributed by atoms with Gasteiger partial charge in [0.15, 0.2) is 5.65 Å². The average molecular weight is 489 g/mol. The Hall–Kier alpha value is -4.92. The molecule has 0 bridgehead atoms. The third kappa shape index (κ3) is 4.20. The Morgan fingerprint density at radius 3 is 2.57 bits per heavy atom. The highest BCUT2D eigenvalue weighted by Gasteiger charge is 2.21. The first-order valence-electron chi connectivity index (χ1n) is 11.9. The Balaban J connectivity index is 1.40. The van der Waals surface area contributed by atoms with Crippen LogP contribution in [0.15, 0.2) is 73.4 Å². The van der Waals surface area contributed by atoms with Crippen LogP contribution in [0.4, 0.5) is 5.69 Å². The molecular weight excluding hydrogens is 464 g/mol. The third-order valence-electron chi connectivity index (χ3n) is 6.15. The molecule has 6 heterocycles. The van der Waals surface area contributed by atoms with Crippen LogP contribution in [0, 0.1) is 5.41 Å². The van der Waals surface area contributed by atoms with Crippen molar-refractivity contribution in [3.63, 3.8) is 0 Å². The van der Waals surface area contributed by atoms with Crippen molar-refractivity contribution in [2.75, 3.05) is 5.32 Å². The fraction of sp³-hybridized carbons (Fsp3) is 0.143. The molecule has 0 saturated heterocycles. The number of amides is 1. The van der Waals surface area contributed by atoms with Gasteiger partial charge in [0.25, 0.3) is 0 Å². The van der Waals surface area contributed by atoms with E-state index in [9.17, 15) is 4.79 Å². The molecule has 0 aliphatic heterocycles. The summed E-state index contributed by atoms with van der Waals surface area (Å²) in [7, 11) is 0. The van der Waals surface area contributed by atoms with Crippen molar-refractivity contribution in [2.45, 2.75) is 20.8 Å². The number of rotatable bonds is 4. The Bertz CT molecular complexity index is 1760. The summed E-state index contributed by atoms with van der Waals surface area (Å²) in [5.41, 5.74) is 6.68. The molecule has 6 aromatic rings. The first-order chi connectivity index (χ1) is 17.9. The summed E-state index contributed by atoms with van der Waals surface area (Å²) >= 11 is 0. The third-order valence-corrected chi connectivity index (χ3v) is 6.15. The van der Waals surface area contributed by atoms with E-state index in [0.29, 0.717) is 11.3 Å². The summed E-state index contributed by atoms with van der Waals surface area (Å²) in [5.74, 6) is -0.0736. The van der Waals surface area contributed by atoms with Crippen LogP contribution in [0.1, 0.15) is 20.8 Å². The molecule has 0 aromatic carbocycles. The van der Waals surface area contributed by atoms with Gasteiger partial charge in [-0.2, -0.15) is 5.10 Å². The summed E-state index contributed by atoms with van der Waals surface area (Å²) in [4.78, 5) is 33.8. The molecule has 0 saturated carbocycles. The minimum absolute atomic E-state index is 0.0736. The van der Waals surface area contributed by atoms with Crippen LogP contribution < -0.4 is 5.32 Å². The second kappa shape index (κ2) is 8.63. The number of anilines is 1. The molecule has 37 heavy (non-hydrogen) atoms. The van der Waals surface area contributed by atoms with E-state index in [1.165, 1.54) is 0 Å². The Labute approximate surface area is 212 Å². The molecule has 3 N–H and O–H groups in total. The molecular formula is C28H24N8O. The topological polar surface area (TPSA) is 125 Å². The molecule has 9 heteroatoms. The SMILES string of the molecule is CC(C)(C)C(=O)Nc1cncc(-c2cnc3n[nH]c(-c4cc5c(-c6ccccn6)nccc5[nH]4)c3c2)c1. The number of fused-ring (bicyclic) bond motifs is 2. The molecule has 0 aliphatic rings. The molecule has 9 nitrogen and oxygen atoms in total. The van der Waals surface area contributed by atoms with E-state index < -0.39 is 5.41 Å². The minimum Gasteiger partial charge on any atom is -0.353 e. The fourth-order valence-corrected chi connectivity index (χ4v) is 4.14. The number of aromatic amines is 2. The normalized spacial score (nSPS) is 11.8. The molecule has 0 unspecified atom stereocenters. The standard InChI is InChI=1S/C28H24N8O/c1-28(2,3)27(37)33-18-10-16(13-29-15-18)17-11-20-25(35-36-26(20)32-14-17)23-12-19-21(34-23)7-9-31-24(19)22-6-4-5-8-30-22/h4-15,34H,1-3H3,(H,33,37)(H,32,35,36). The summed E-state index contributed by atoms with van der Waals surface area (Å²) < 4.78 is 0. The van der Waals surface area contributed by atoms with Crippen molar-refractivity contribution in [2.24, 2.45) is 5.41 Å². The highest BCUT2D eigenvalue weighted by molar-refractivity contribution is 6.00. The van der Waals surface area contributed by atoms with Crippen LogP contribution in [-0.2, 0) is 4.79 Å². The molecule has 6 rings (SSSR count). The van der Waals surface area contributed by atoms with Gasteiger partial charge in [-0.3, -0.25) is 24.8 Å². The summed E-state index contributed by atoms with van der Waals surface area (Å²) in [5, 5.41) is 12.3. The predicted molar refractivity (Wildman–Crippen MR) is 144 cm³/mol. The maximum atomic E-state index is 12.4. The van der Waals surface area contributed by atoms with E-state index in [-0.39, 0.29) is 5.91 Å². The van der Waals surface area contributed by atoms with Gasteiger partial charge in [0, 0.05) is 57.6 Å². The summed E-state index contributed by atoms with van der Waals surface area (Å²) in [6, 6.07) is 13.7. The van der Waals surface area contributed by atoms with Crippen molar-refractivity contribution < 1.29 is 4.79 Å². The fourth-order valence-electron chi connectivity index (χ4n) is 4.14. The van der Waals surface area contributed by atoms with Crippen LogP contribution in [-0.4, -0.2) is 41.0 Å². The lowest BCUT2D eigenvalue weighted by atomic mass is 9.95. The monoisotopic (exact) mass is 488 g/mol. The van der Waals surface area contributed by atoms with E-state index >= 15 is 0 Å². The van der Waals surface area contributed by atoms with Crippen LogP contribution >= 0.6 is 0 Å². The lowest BCUT2D eigenvalue weighted by Crippen LogP contribution is -2.27. The Morgan fingerprint density at radius 1 is 0.892 bits per heavy atom. The average Bonchev–Trinajstić information content (AvgIpc) is 3.52. The van der Waals surface area contributed by atoms with Crippen molar-refractivity contribution in [1.82, 2.24) is 35.1 Å². The van der Waals surface area contributed by atoms with Crippen molar-refractivity contribution in [3.8, 4) is 33.9 Å². The van der Waals surface area contributed by atoms with E-state index in [2.05, 4.69) is 46.5 Å². The Morgan fingerprint density at radius 2 is 1.76 bits per heavy atom. The first-order valence-corrected chi connectivity index (χ1v) is 11.9. The number of carbonyl (C=O) groups excluding carboxylic acids is 1. The number of H-pyrrole nitrogens is 2. The lowest BCUT2D eigenvalue weighted by Gasteiger charge is -2.17. The summed E-state index contributed by atoms with van der Waals surface area (Å²) in [6.07, 6.45) is 8.68. The number of nitrogens with one attached hydrogen (secondary N) is 3. The molecule has 0 fully saturated rings. The molecule has 0 atom stereocenters. The van der Waals surface area contributed by atoms with Gasteiger partial charge >= 0.3 is 0 Å². The van der Waals surface area contributed by atoms with Crippen molar-refractivity contribution in [3.05, 3.63) is 73.4 Å². The largest absolute Gasteiger partial charge is 0.353 e. The van der Waals surface area contributed by atoms with Gasteiger partial charge in [0.05, 0.1) is 34.7 Å². The van der Waals surface area contributed by atoms with Crippen LogP contribution in [0.2, 0.25) is 0 Å². The highest BCUT2D eigenvalue weighted by atomic mass is 16.2. The van der Waals surface area contributed by atoms with Gasteiger partial charge in [-0.1, -0.05) is 26.8 Å². The summed E-state index contributed by atoms with van der Waals surface area (Å²) in [6.45, 7) is 5.62. The van der Waals surface area contributed by atoms with Gasteiger partial charge in [-0.05, 0) is 36.4 Å². The van der Waals surface area contributed by atoms with Crippen molar-refractivity contribution in [1.29, 1.82) is 0 Å². The lowest BCUT2D eigenvalue weighted by molar-refractivity contribution is -0.123. The predicted octanol–water partition coefficient (Wildman–Crippen LogP) is 5.61. The molecule has 6 aromatic heterocycles. The zero-order chi connectivity index (χ0) is 25.6. The van der Waals surface area contributed by atoms with E-state index in [0.717, 1.165) is 50.2 Å². The number of hydrogen-bond acceptors (Lipinski definition) is 6. The van der Waals surface area contributed by atoms with Gasteiger partial charge in [-0.25, -0.2) is 4.98 Å². The second-order valence-electron chi connectivity index (χ2n) is 9.88. The zero-order valence-electron chi connectivity index (χ0n) is 20.6. The molecule has 0 radical (unpaired) electrons. The van der Waals surface area contributed by atoms with Crippen molar-refractivity contribution >= 4 is 33.5 Å². The van der Waals surface area contributed by atoms with Gasteiger partial charge in [0.1, 0.15) is 0 Å². The first kappa shape index (κ1) is 22.5. The maximum Gasteiger partial charge on any atom is 0.229 e. The number of nitrogens with zero attached hydrogens (tertiary/aromatic N) is 5. The molecule has 1 amide bonds.